The molecule has 0 aliphatic rings. The Morgan fingerprint density at radius 1 is 1.25 bits per heavy atom. The number of aromatic nitrogens is 1. The molecule has 0 spiro atoms. The standard InChI is InChI=1S/C14H7BrClNO3/c15-9-3-1-7(5-10(9)16)13-17-11-4-2-8(14(18)19)6-12(11)20-13/h1-6H,(H,18,19). The van der Waals surface area contributed by atoms with Crippen molar-refractivity contribution >= 4 is 44.6 Å². The molecule has 0 aliphatic carbocycles. The van der Waals surface area contributed by atoms with Crippen LogP contribution in [-0.4, -0.2) is 16.1 Å². The molecule has 2 aromatic carbocycles. The number of hydrogen-bond acceptors (Lipinski definition) is 3. The van der Waals surface area contributed by atoms with E-state index in [1.165, 1.54) is 12.1 Å². The summed E-state index contributed by atoms with van der Waals surface area (Å²) in [5.74, 6) is -0.603. The number of hydrogen-bond donors (Lipinski definition) is 1. The van der Waals surface area contributed by atoms with E-state index in [1.807, 2.05) is 6.07 Å². The highest BCUT2D eigenvalue weighted by atomic mass is 79.9. The normalized spacial score (nSPS) is 10.9. The highest BCUT2D eigenvalue weighted by Crippen LogP contribution is 2.30. The van der Waals surface area contributed by atoms with Crippen LogP contribution < -0.4 is 0 Å². The van der Waals surface area contributed by atoms with Crippen LogP contribution in [0.25, 0.3) is 22.6 Å². The van der Waals surface area contributed by atoms with Crippen LogP contribution in [0.3, 0.4) is 0 Å². The third-order valence-corrected chi connectivity index (χ3v) is 4.03. The minimum absolute atomic E-state index is 0.161. The fourth-order valence-corrected chi connectivity index (χ4v) is 2.24. The van der Waals surface area contributed by atoms with Gasteiger partial charge >= 0.3 is 5.97 Å². The fraction of sp³-hybridized carbons (Fsp3) is 0. The van der Waals surface area contributed by atoms with E-state index in [9.17, 15) is 4.79 Å². The van der Waals surface area contributed by atoms with Gasteiger partial charge in [0.1, 0.15) is 5.52 Å². The Hall–Kier alpha value is -1.85. The first-order valence-electron chi connectivity index (χ1n) is 5.64. The van der Waals surface area contributed by atoms with Crippen LogP contribution in [0.15, 0.2) is 45.3 Å². The molecule has 0 aliphatic heterocycles. The molecule has 0 saturated carbocycles. The first-order chi connectivity index (χ1) is 9.54. The van der Waals surface area contributed by atoms with E-state index in [-0.39, 0.29) is 5.56 Å². The van der Waals surface area contributed by atoms with Crippen molar-refractivity contribution < 1.29 is 14.3 Å². The Labute approximate surface area is 127 Å². The monoisotopic (exact) mass is 351 g/mol. The number of rotatable bonds is 2. The molecule has 0 unspecified atom stereocenters. The summed E-state index contributed by atoms with van der Waals surface area (Å²) in [6.07, 6.45) is 0. The smallest absolute Gasteiger partial charge is 0.335 e. The SMILES string of the molecule is O=C(O)c1ccc2nc(-c3ccc(Br)c(Cl)c3)oc2c1. The minimum Gasteiger partial charge on any atom is -0.478 e. The molecule has 0 fully saturated rings. The number of halogens is 2. The molecule has 0 radical (unpaired) electrons. The van der Waals surface area contributed by atoms with Gasteiger partial charge in [-0.2, -0.15) is 0 Å². The van der Waals surface area contributed by atoms with Crippen molar-refractivity contribution in [2.75, 3.05) is 0 Å². The molecule has 3 rings (SSSR count). The molecular formula is C14H7BrClNO3. The van der Waals surface area contributed by atoms with E-state index in [0.717, 1.165) is 10.0 Å². The van der Waals surface area contributed by atoms with Gasteiger partial charge in [-0.3, -0.25) is 0 Å². The van der Waals surface area contributed by atoms with Crippen LogP contribution in [0.5, 0.6) is 0 Å². The largest absolute Gasteiger partial charge is 0.478 e. The Morgan fingerprint density at radius 2 is 2.05 bits per heavy atom. The number of aromatic carboxylic acids is 1. The number of carbonyl (C=O) groups is 1. The number of benzene rings is 2. The Balaban J connectivity index is 2.12. The van der Waals surface area contributed by atoms with Gasteiger partial charge in [-0.05, 0) is 52.3 Å². The topological polar surface area (TPSA) is 63.3 Å². The fourth-order valence-electron chi connectivity index (χ4n) is 1.81. The summed E-state index contributed by atoms with van der Waals surface area (Å²) in [5.41, 5.74) is 1.92. The molecule has 6 heteroatoms. The van der Waals surface area contributed by atoms with Gasteiger partial charge in [-0.15, -0.1) is 0 Å². The molecule has 4 nitrogen and oxygen atoms in total. The lowest BCUT2D eigenvalue weighted by Crippen LogP contribution is -1.94. The van der Waals surface area contributed by atoms with Crippen molar-refractivity contribution in [3.05, 3.63) is 51.5 Å². The van der Waals surface area contributed by atoms with Crippen molar-refractivity contribution in [3.8, 4) is 11.5 Å². The average Bonchev–Trinajstić information content (AvgIpc) is 2.84. The molecular weight excluding hydrogens is 346 g/mol. The first-order valence-corrected chi connectivity index (χ1v) is 6.81. The minimum atomic E-state index is -1.00. The van der Waals surface area contributed by atoms with Crippen LogP contribution in [-0.2, 0) is 0 Å². The second kappa shape index (κ2) is 4.92. The zero-order valence-corrected chi connectivity index (χ0v) is 12.3. The number of carboxylic acids is 1. The van der Waals surface area contributed by atoms with Gasteiger partial charge in [0.25, 0.3) is 0 Å². The van der Waals surface area contributed by atoms with E-state index in [2.05, 4.69) is 20.9 Å². The zero-order chi connectivity index (χ0) is 14.3. The van der Waals surface area contributed by atoms with Crippen molar-refractivity contribution in [2.45, 2.75) is 0 Å². The maximum Gasteiger partial charge on any atom is 0.335 e. The van der Waals surface area contributed by atoms with Crippen LogP contribution in [0, 0.1) is 0 Å². The van der Waals surface area contributed by atoms with E-state index in [1.54, 1.807) is 18.2 Å². The van der Waals surface area contributed by atoms with Gasteiger partial charge in [0.15, 0.2) is 5.58 Å². The molecule has 0 saturated heterocycles. The van der Waals surface area contributed by atoms with E-state index >= 15 is 0 Å². The van der Waals surface area contributed by atoms with Gasteiger partial charge in [0.2, 0.25) is 5.89 Å². The van der Waals surface area contributed by atoms with Crippen molar-refractivity contribution in [2.24, 2.45) is 0 Å². The Kier molecular flexibility index (Phi) is 3.23. The van der Waals surface area contributed by atoms with Gasteiger partial charge in [0, 0.05) is 10.0 Å². The van der Waals surface area contributed by atoms with Crippen molar-refractivity contribution in [1.82, 2.24) is 4.98 Å². The summed E-state index contributed by atoms with van der Waals surface area (Å²) in [7, 11) is 0. The summed E-state index contributed by atoms with van der Waals surface area (Å²) in [4.78, 5) is 15.2. The number of nitrogens with zero attached hydrogens (tertiary/aromatic N) is 1. The highest BCUT2D eigenvalue weighted by Gasteiger charge is 2.12. The van der Waals surface area contributed by atoms with Crippen LogP contribution in [0.1, 0.15) is 10.4 Å². The molecule has 0 bridgehead atoms. The molecule has 0 amide bonds. The summed E-state index contributed by atoms with van der Waals surface area (Å²) in [6.45, 7) is 0. The Bertz CT molecular complexity index is 828. The lowest BCUT2D eigenvalue weighted by molar-refractivity contribution is 0.0697. The van der Waals surface area contributed by atoms with E-state index < -0.39 is 5.97 Å². The molecule has 1 aromatic heterocycles. The van der Waals surface area contributed by atoms with Crippen molar-refractivity contribution in [3.63, 3.8) is 0 Å². The van der Waals surface area contributed by atoms with Crippen molar-refractivity contribution in [1.29, 1.82) is 0 Å². The van der Waals surface area contributed by atoms with Gasteiger partial charge in [0.05, 0.1) is 10.6 Å². The third kappa shape index (κ3) is 2.30. The molecule has 100 valence electrons. The van der Waals surface area contributed by atoms with Crippen LogP contribution in [0.4, 0.5) is 0 Å². The number of carboxylic acid groups (broad SMARTS) is 1. The molecule has 3 aromatic rings. The molecule has 0 atom stereocenters. The summed E-state index contributed by atoms with van der Waals surface area (Å²) < 4.78 is 6.38. The molecule has 20 heavy (non-hydrogen) atoms. The maximum atomic E-state index is 10.9. The second-order valence-electron chi connectivity index (χ2n) is 4.14. The predicted octanol–water partition coefficient (Wildman–Crippen LogP) is 4.61. The second-order valence-corrected chi connectivity index (χ2v) is 5.40. The lowest BCUT2D eigenvalue weighted by atomic mass is 10.2. The highest BCUT2D eigenvalue weighted by molar-refractivity contribution is 9.10. The Morgan fingerprint density at radius 3 is 2.75 bits per heavy atom. The zero-order valence-electron chi connectivity index (χ0n) is 9.93. The van der Waals surface area contributed by atoms with Gasteiger partial charge < -0.3 is 9.52 Å². The predicted molar refractivity (Wildman–Crippen MR) is 79.1 cm³/mol. The third-order valence-electron chi connectivity index (χ3n) is 2.80. The lowest BCUT2D eigenvalue weighted by Gasteiger charge is -1.98. The average molecular weight is 353 g/mol. The molecule has 1 N–H and O–H groups in total. The summed E-state index contributed by atoms with van der Waals surface area (Å²) in [6, 6.07) is 9.91. The quantitative estimate of drug-likeness (QED) is 0.731. The van der Waals surface area contributed by atoms with E-state index in [0.29, 0.717) is 22.0 Å². The number of oxazole rings is 1. The summed E-state index contributed by atoms with van der Waals surface area (Å²) >= 11 is 9.35. The number of fused-ring (bicyclic) bond motifs is 1. The van der Waals surface area contributed by atoms with Gasteiger partial charge in [-0.25, -0.2) is 9.78 Å². The maximum absolute atomic E-state index is 10.9. The first kappa shape index (κ1) is 13.1. The van der Waals surface area contributed by atoms with E-state index in [4.69, 9.17) is 21.1 Å². The van der Waals surface area contributed by atoms with Crippen LogP contribution in [0.2, 0.25) is 5.02 Å². The van der Waals surface area contributed by atoms with Crippen LogP contribution >= 0.6 is 27.5 Å². The summed E-state index contributed by atoms with van der Waals surface area (Å²) in [5, 5.41) is 9.50. The van der Waals surface area contributed by atoms with Gasteiger partial charge in [-0.1, -0.05) is 11.6 Å². The molecule has 1 heterocycles.